The van der Waals surface area contributed by atoms with Crippen LogP contribution in [0.1, 0.15) is 26.2 Å². The van der Waals surface area contributed by atoms with E-state index < -0.39 is 12.0 Å². The molecule has 0 fully saturated rings. The number of carbonyl (C=O) groups is 2. The molecule has 0 saturated heterocycles. The van der Waals surface area contributed by atoms with Gasteiger partial charge in [0.25, 0.3) is 0 Å². The van der Waals surface area contributed by atoms with Gasteiger partial charge in [0.15, 0.2) is 0 Å². The summed E-state index contributed by atoms with van der Waals surface area (Å²) in [6, 6.07) is 6.65. The van der Waals surface area contributed by atoms with Crippen molar-refractivity contribution in [2.45, 2.75) is 32.2 Å². The Morgan fingerprint density at radius 1 is 1.14 bits per heavy atom. The summed E-state index contributed by atoms with van der Waals surface area (Å²) in [4.78, 5) is 23.1. The molecule has 0 aliphatic rings. The van der Waals surface area contributed by atoms with Gasteiger partial charge in [-0.3, -0.25) is 4.79 Å². The highest BCUT2D eigenvalue weighted by Crippen LogP contribution is 2.17. The predicted octanol–water partition coefficient (Wildman–Crippen LogP) is 1.92. The van der Waals surface area contributed by atoms with Crippen molar-refractivity contribution >= 4 is 11.9 Å². The fourth-order valence-corrected chi connectivity index (χ4v) is 1.83. The van der Waals surface area contributed by atoms with E-state index in [2.05, 4.69) is 10.1 Å². The molecule has 6 nitrogen and oxygen atoms in total. The molecule has 0 saturated carbocycles. The Bertz CT molecular complexity index is 472. The number of hydrogen-bond donors (Lipinski definition) is 1. The average molecular weight is 309 g/mol. The van der Waals surface area contributed by atoms with E-state index in [9.17, 15) is 9.59 Å². The molecule has 22 heavy (non-hydrogen) atoms. The third-order valence-electron chi connectivity index (χ3n) is 3.11. The van der Waals surface area contributed by atoms with Crippen molar-refractivity contribution in [2.75, 3.05) is 20.8 Å². The van der Waals surface area contributed by atoms with Crippen LogP contribution in [0.25, 0.3) is 0 Å². The van der Waals surface area contributed by atoms with Crippen LogP contribution in [0.3, 0.4) is 0 Å². The Labute approximate surface area is 130 Å². The molecule has 1 aromatic rings. The van der Waals surface area contributed by atoms with Crippen LogP contribution in [-0.4, -0.2) is 38.7 Å². The van der Waals surface area contributed by atoms with E-state index in [1.165, 1.54) is 7.11 Å². The van der Waals surface area contributed by atoms with Crippen LogP contribution >= 0.6 is 0 Å². The third-order valence-corrected chi connectivity index (χ3v) is 3.11. The number of ether oxygens (including phenoxy) is 3. The molecule has 6 heteroatoms. The van der Waals surface area contributed by atoms with E-state index >= 15 is 0 Å². The first kappa shape index (κ1) is 17.8. The first-order chi connectivity index (χ1) is 10.6. The molecule has 0 spiro atoms. The summed E-state index contributed by atoms with van der Waals surface area (Å²) in [5.41, 5.74) is 0. The third kappa shape index (κ3) is 6.03. The van der Waals surface area contributed by atoms with Crippen molar-refractivity contribution in [3.05, 3.63) is 24.3 Å². The second-order valence-corrected chi connectivity index (χ2v) is 4.68. The molecule has 1 rings (SSSR count). The minimum atomic E-state index is -0.583. The molecule has 0 radical (unpaired) electrons. The van der Waals surface area contributed by atoms with Gasteiger partial charge in [0.05, 0.1) is 20.8 Å². The topological polar surface area (TPSA) is 73.9 Å². The zero-order valence-corrected chi connectivity index (χ0v) is 13.3. The highest BCUT2D eigenvalue weighted by molar-refractivity contribution is 5.84. The molecule has 1 aromatic carbocycles. The van der Waals surface area contributed by atoms with Gasteiger partial charge in [-0.2, -0.15) is 0 Å². The van der Waals surface area contributed by atoms with Gasteiger partial charge in [-0.1, -0.05) is 6.92 Å². The minimum Gasteiger partial charge on any atom is -0.497 e. The average Bonchev–Trinajstić information content (AvgIpc) is 2.56. The summed E-state index contributed by atoms with van der Waals surface area (Å²) in [7, 11) is 2.91. The maximum atomic E-state index is 11.7. The van der Waals surface area contributed by atoms with E-state index in [1.54, 1.807) is 7.11 Å². The standard InChI is InChI=1S/C16H23NO5/c1-4-14(16(19)21-3)17-15(18)6-5-11-22-13-9-7-12(20-2)8-10-13/h7-10,14H,4-6,11H2,1-3H3,(H,17,18). The molecule has 1 amide bonds. The molecular formula is C16H23NO5. The maximum absolute atomic E-state index is 11.7. The second kappa shape index (κ2) is 9.65. The number of amides is 1. The molecule has 0 aliphatic carbocycles. The predicted molar refractivity (Wildman–Crippen MR) is 82.0 cm³/mol. The van der Waals surface area contributed by atoms with Crippen molar-refractivity contribution < 1.29 is 23.8 Å². The molecule has 1 atom stereocenters. The monoisotopic (exact) mass is 309 g/mol. The van der Waals surface area contributed by atoms with E-state index in [0.717, 1.165) is 11.5 Å². The second-order valence-electron chi connectivity index (χ2n) is 4.68. The van der Waals surface area contributed by atoms with Crippen LogP contribution in [0, 0.1) is 0 Å². The number of benzene rings is 1. The van der Waals surface area contributed by atoms with Gasteiger partial charge in [-0.15, -0.1) is 0 Å². The molecule has 1 N–H and O–H groups in total. The van der Waals surface area contributed by atoms with Crippen molar-refractivity contribution in [1.29, 1.82) is 0 Å². The zero-order chi connectivity index (χ0) is 16.4. The maximum Gasteiger partial charge on any atom is 0.328 e. The molecular weight excluding hydrogens is 286 g/mol. The number of esters is 1. The fraction of sp³-hybridized carbons (Fsp3) is 0.500. The number of hydrogen-bond acceptors (Lipinski definition) is 5. The summed E-state index contributed by atoms with van der Waals surface area (Å²) < 4.78 is 15.2. The zero-order valence-electron chi connectivity index (χ0n) is 13.3. The molecule has 0 heterocycles. The smallest absolute Gasteiger partial charge is 0.328 e. The van der Waals surface area contributed by atoms with Gasteiger partial charge in [-0.05, 0) is 37.1 Å². The first-order valence-electron chi connectivity index (χ1n) is 7.24. The van der Waals surface area contributed by atoms with Crippen molar-refractivity contribution in [3.63, 3.8) is 0 Å². The van der Waals surface area contributed by atoms with Crippen molar-refractivity contribution in [2.24, 2.45) is 0 Å². The number of methoxy groups -OCH3 is 2. The Morgan fingerprint density at radius 3 is 2.32 bits per heavy atom. The Hall–Kier alpha value is -2.24. The minimum absolute atomic E-state index is 0.185. The van der Waals surface area contributed by atoms with Crippen molar-refractivity contribution in [1.82, 2.24) is 5.32 Å². The summed E-state index contributed by atoms with van der Waals surface area (Å²) in [6.45, 7) is 2.24. The number of nitrogens with one attached hydrogen (secondary N) is 1. The normalized spacial score (nSPS) is 11.4. The lowest BCUT2D eigenvalue weighted by atomic mass is 10.2. The lowest BCUT2D eigenvalue weighted by Gasteiger charge is -2.14. The van der Waals surface area contributed by atoms with Gasteiger partial charge in [0.2, 0.25) is 5.91 Å². The summed E-state index contributed by atoms with van der Waals surface area (Å²) >= 11 is 0. The van der Waals surface area contributed by atoms with Gasteiger partial charge >= 0.3 is 5.97 Å². The quantitative estimate of drug-likeness (QED) is 0.557. The molecule has 1 unspecified atom stereocenters. The van der Waals surface area contributed by atoms with Crippen LogP contribution in [-0.2, 0) is 14.3 Å². The van der Waals surface area contributed by atoms with Crippen LogP contribution in [0.5, 0.6) is 11.5 Å². The van der Waals surface area contributed by atoms with E-state index in [0.29, 0.717) is 25.9 Å². The lowest BCUT2D eigenvalue weighted by Crippen LogP contribution is -2.41. The summed E-state index contributed by atoms with van der Waals surface area (Å²) in [5.74, 6) is 0.878. The SMILES string of the molecule is CCC(NC(=O)CCCOc1ccc(OC)cc1)C(=O)OC. The van der Waals surface area contributed by atoms with E-state index in [1.807, 2.05) is 31.2 Å². The Balaban J connectivity index is 2.25. The van der Waals surface area contributed by atoms with Gasteiger partial charge in [0, 0.05) is 6.42 Å². The van der Waals surface area contributed by atoms with Crippen LogP contribution in [0.15, 0.2) is 24.3 Å². The highest BCUT2D eigenvalue weighted by atomic mass is 16.5. The van der Waals surface area contributed by atoms with E-state index in [4.69, 9.17) is 9.47 Å². The molecule has 0 aliphatic heterocycles. The fourth-order valence-electron chi connectivity index (χ4n) is 1.83. The Morgan fingerprint density at radius 2 is 1.77 bits per heavy atom. The lowest BCUT2D eigenvalue weighted by molar-refractivity contribution is -0.145. The van der Waals surface area contributed by atoms with Gasteiger partial charge < -0.3 is 19.5 Å². The number of rotatable bonds is 9. The summed E-state index contributed by atoms with van der Waals surface area (Å²) in [6.07, 6.45) is 1.36. The largest absolute Gasteiger partial charge is 0.497 e. The molecule has 0 aromatic heterocycles. The van der Waals surface area contributed by atoms with Gasteiger partial charge in [0.1, 0.15) is 17.5 Å². The van der Waals surface area contributed by atoms with Crippen LogP contribution in [0.4, 0.5) is 0 Å². The van der Waals surface area contributed by atoms with Crippen molar-refractivity contribution in [3.8, 4) is 11.5 Å². The van der Waals surface area contributed by atoms with Crippen LogP contribution in [0.2, 0.25) is 0 Å². The first-order valence-corrected chi connectivity index (χ1v) is 7.24. The number of carbonyl (C=O) groups excluding carboxylic acids is 2. The molecule has 0 bridgehead atoms. The van der Waals surface area contributed by atoms with Crippen LogP contribution < -0.4 is 14.8 Å². The van der Waals surface area contributed by atoms with E-state index in [-0.39, 0.29) is 5.91 Å². The summed E-state index contributed by atoms with van der Waals surface area (Å²) in [5, 5.41) is 2.65. The Kier molecular flexibility index (Phi) is 7.81. The van der Waals surface area contributed by atoms with Gasteiger partial charge in [-0.25, -0.2) is 4.79 Å². The molecule has 122 valence electrons. The highest BCUT2D eigenvalue weighted by Gasteiger charge is 2.18.